The van der Waals surface area contributed by atoms with Gasteiger partial charge in [0.15, 0.2) is 0 Å². The second kappa shape index (κ2) is 8.58. The second-order valence-corrected chi connectivity index (χ2v) is 8.56. The van der Waals surface area contributed by atoms with Gasteiger partial charge in [-0.25, -0.2) is 17.7 Å². The number of ether oxygens (including phenoxy) is 1. The molecule has 2 rings (SSSR count). The number of hydrogen-bond donors (Lipinski definition) is 2. The van der Waals surface area contributed by atoms with Crippen molar-refractivity contribution >= 4 is 33.0 Å². The standard InChI is InChI=1S/C16H22N4O4S2/c1-4-24-13-6-5-11(9-14(13)26(22,23)20(2)3)18-16(21)12-10-25-15(19-12)7-8-17/h5-6,9-10H,4,7-8,17H2,1-3H3,(H,18,21). The molecule has 0 radical (unpaired) electrons. The molecule has 0 fully saturated rings. The van der Waals surface area contributed by atoms with Crippen molar-refractivity contribution in [2.75, 3.05) is 32.6 Å². The molecular weight excluding hydrogens is 376 g/mol. The minimum atomic E-state index is -3.73. The molecule has 8 nitrogen and oxygen atoms in total. The summed E-state index contributed by atoms with van der Waals surface area (Å²) < 4.78 is 31.5. The number of benzene rings is 1. The smallest absolute Gasteiger partial charge is 0.275 e. The highest BCUT2D eigenvalue weighted by atomic mass is 32.2. The van der Waals surface area contributed by atoms with Crippen molar-refractivity contribution in [3.05, 3.63) is 34.3 Å². The molecule has 10 heteroatoms. The number of sulfonamides is 1. The Labute approximate surface area is 157 Å². The highest BCUT2D eigenvalue weighted by Crippen LogP contribution is 2.29. The first-order valence-electron chi connectivity index (χ1n) is 7.94. The molecule has 3 N–H and O–H groups in total. The van der Waals surface area contributed by atoms with Gasteiger partial charge in [-0.1, -0.05) is 0 Å². The van der Waals surface area contributed by atoms with Gasteiger partial charge in [0, 0.05) is 31.6 Å². The van der Waals surface area contributed by atoms with E-state index in [2.05, 4.69) is 10.3 Å². The van der Waals surface area contributed by atoms with Crippen LogP contribution in [0.5, 0.6) is 5.75 Å². The van der Waals surface area contributed by atoms with E-state index in [1.807, 2.05) is 0 Å². The average molecular weight is 399 g/mol. The Bertz CT molecular complexity index is 878. The molecule has 0 bridgehead atoms. The van der Waals surface area contributed by atoms with Crippen LogP contribution < -0.4 is 15.8 Å². The van der Waals surface area contributed by atoms with E-state index in [9.17, 15) is 13.2 Å². The second-order valence-electron chi connectivity index (χ2n) is 5.50. The van der Waals surface area contributed by atoms with Gasteiger partial charge in [0.1, 0.15) is 16.3 Å². The molecule has 2 aromatic rings. The largest absolute Gasteiger partial charge is 0.492 e. The molecule has 0 aliphatic rings. The van der Waals surface area contributed by atoms with Gasteiger partial charge >= 0.3 is 0 Å². The van der Waals surface area contributed by atoms with Gasteiger partial charge in [0.05, 0.1) is 11.6 Å². The zero-order valence-corrected chi connectivity index (χ0v) is 16.5. The molecule has 1 amide bonds. The van der Waals surface area contributed by atoms with E-state index in [-0.39, 0.29) is 16.3 Å². The maximum atomic E-state index is 12.5. The molecule has 1 heterocycles. The summed E-state index contributed by atoms with van der Waals surface area (Å²) in [5, 5.41) is 5.09. The minimum Gasteiger partial charge on any atom is -0.492 e. The highest BCUT2D eigenvalue weighted by Gasteiger charge is 2.23. The van der Waals surface area contributed by atoms with Crippen LogP contribution in [0.1, 0.15) is 22.4 Å². The first-order chi connectivity index (χ1) is 12.3. The van der Waals surface area contributed by atoms with Crippen LogP contribution in [0.3, 0.4) is 0 Å². The maximum Gasteiger partial charge on any atom is 0.275 e. The lowest BCUT2D eigenvalue weighted by molar-refractivity contribution is 0.102. The van der Waals surface area contributed by atoms with E-state index in [4.69, 9.17) is 10.5 Å². The monoisotopic (exact) mass is 398 g/mol. The number of hydrogen-bond acceptors (Lipinski definition) is 7. The van der Waals surface area contributed by atoms with Crippen LogP contribution in [0.15, 0.2) is 28.5 Å². The quantitative estimate of drug-likeness (QED) is 0.697. The summed E-state index contributed by atoms with van der Waals surface area (Å²) in [5.74, 6) is -0.181. The van der Waals surface area contributed by atoms with Gasteiger partial charge in [-0.2, -0.15) is 0 Å². The summed E-state index contributed by atoms with van der Waals surface area (Å²) in [6, 6.07) is 4.49. The minimum absolute atomic E-state index is 0.00996. The molecule has 142 valence electrons. The van der Waals surface area contributed by atoms with Crippen LogP contribution in [0.4, 0.5) is 5.69 Å². The summed E-state index contributed by atoms with van der Waals surface area (Å²) in [5.41, 5.74) is 6.09. The summed E-state index contributed by atoms with van der Waals surface area (Å²) in [4.78, 5) is 16.6. The first kappa shape index (κ1) is 20.3. The molecular formula is C16H22N4O4S2. The molecule has 0 spiro atoms. The zero-order valence-electron chi connectivity index (χ0n) is 14.9. The number of nitrogens with two attached hydrogens (primary N) is 1. The number of anilines is 1. The van der Waals surface area contributed by atoms with Gasteiger partial charge in [0.25, 0.3) is 5.91 Å². The predicted octanol–water partition coefficient (Wildman–Crippen LogP) is 1.55. The van der Waals surface area contributed by atoms with Crippen LogP contribution >= 0.6 is 11.3 Å². The lowest BCUT2D eigenvalue weighted by Crippen LogP contribution is -2.23. The number of carbonyl (C=O) groups is 1. The first-order valence-corrected chi connectivity index (χ1v) is 10.3. The Morgan fingerprint density at radius 2 is 2.12 bits per heavy atom. The van der Waals surface area contributed by atoms with Crippen LogP contribution in [0.25, 0.3) is 0 Å². The van der Waals surface area contributed by atoms with Crippen molar-refractivity contribution in [2.45, 2.75) is 18.2 Å². The van der Waals surface area contributed by atoms with Crippen molar-refractivity contribution in [1.29, 1.82) is 0 Å². The number of thiazole rings is 1. The van der Waals surface area contributed by atoms with Crippen LogP contribution in [0, 0.1) is 0 Å². The van der Waals surface area contributed by atoms with Crippen molar-refractivity contribution in [3.8, 4) is 5.75 Å². The SMILES string of the molecule is CCOc1ccc(NC(=O)c2csc(CCN)n2)cc1S(=O)(=O)N(C)C. The van der Waals surface area contributed by atoms with E-state index in [1.165, 1.54) is 37.6 Å². The molecule has 0 saturated heterocycles. The highest BCUT2D eigenvalue weighted by molar-refractivity contribution is 7.89. The predicted molar refractivity (Wildman–Crippen MR) is 101 cm³/mol. The fourth-order valence-electron chi connectivity index (χ4n) is 2.11. The number of nitrogens with one attached hydrogen (secondary N) is 1. The van der Waals surface area contributed by atoms with Crippen LogP contribution in [0.2, 0.25) is 0 Å². The van der Waals surface area contributed by atoms with E-state index >= 15 is 0 Å². The normalized spacial score (nSPS) is 11.6. The number of amides is 1. The molecule has 0 unspecified atom stereocenters. The molecule has 0 aliphatic carbocycles. The summed E-state index contributed by atoms with van der Waals surface area (Å²) in [7, 11) is -0.856. The summed E-state index contributed by atoms with van der Waals surface area (Å²) in [6.07, 6.45) is 0.603. The van der Waals surface area contributed by atoms with Crippen molar-refractivity contribution in [1.82, 2.24) is 9.29 Å². The molecule has 0 aliphatic heterocycles. The lowest BCUT2D eigenvalue weighted by Gasteiger charge is -2.16. The zero-order chi connectivity index (χ0) is 19.3. The third-order valence-corrected chi connectivity index (χ3v) is 6.15. The Morgan fingerprint density at radius 3 is 2.73 bits per heavy atom. The fraction of sp³-hybridized carbons (Fsp3) is 0.375. The third-order valence-electron chi connectivity index (χ3n) is 3.40. The van der Waals surface area contributed by atoms with Gasteiger partial charge in [0.2, 0.25) is 10.0 Å². The molecule has 0 saturated carbocycles. The summed E-state index contributed by atoms with van der Waals surface area (Å²) in [6.45, 7) is 2.55. The van der Waals surface area contributed by atoms with E-state index in [1.54, 1.807) is 18.4 Å². The third kappa shape index (κ3) is 4.58. The van der Waals surface area contributed by atoms with E-state index in [0.717, 1.165) is 9.31 Å². The van der Waals surface area contributed by atoms with Gasteiger partial charge < -0.3 is 15.8 Å². The summed E-state index contributed by atoms with van der Waals surface area (Å²) >= 11 is 1.36. The van der Waals surface area contributed by atoms with E-state index < -0.39 is 15.9 Å². The lowest BCUT2D eigenvalue weighted by atomic mass is 10.3. The molecule has 0 atom stereocenters. The van der Waals surface area contributed by atoms with Crippen molar-refractivity contribution in [3.63, 3.8) is 0 Å². The Morgan fingerprint density at radius 1 is 1.38 bits per heavy atom. The van der Waals surface area contributed by atoms with Gasteiger partial charge in [-0.15, -0.1) is 11.3 Å². The fourth-order valence-corrected chi connectivity index (χ4v) is 3.95. The van der Waals surface area contributed by atoms with Gasteiger partial charge in [-0.3, -0.25) is 4.79 Å². The van der Waals surface area contributed by atoms with Crippen LogP contribution in [-0.4, -0.2) is 50.9 Å². The van der Waals surface area contributed by atoms with Crippen molar-refractivity contribution in [2.24, 2.45) is 5.73 Å². The number of carbonyl (C=O) groups excluding carboxylic acids is 1. The van der Waals surface area contributed by atoms with E-state index in [0.29, 0.717) is 25.3 Å². The van der Waals surface area contributed by atoms with Gasteiger partial charge in [-0.05, 0) is 31.7 Å². The molecule has 1 aromatic carbocycles. The maximum absolute atomic E-state index is 12.5. The molecule has 26 heavy (non-hydrogen) atoms. The molecule has 1 aromatic heterocycles. The average Bonchev–Trinajstić information content (AvgIpc) is 3.05. The Hall–Kier alpha value is -2.01. The topological polar surface area (TPSA) is 115 Å². The Kier molecular flexibility index (Phi) is 6.70. The number of aromatic nitrogens is 1. The van der Waals surface area contributed by atoms with Crippen molar-refractivity contribution < 1.29 is 17.9 Å². The number of rotatable bonds is 8. The number of nitrogens with zero attached hydrogens (tertiary/aromatic N) is 2. The Balaban J connectivity index is 2.30. The van der Waals surface area contributed by atoms with Crippen LogP contribution in [-0.2, 0) is 16.4 Å².